The Hall–Kier alpha value is -1.87. The van der Waals surface area contributed by atoms with Crippen LogP contribution >= 0.6 is 0 Å². The monoisotopic (exact) mass is 423 g/mol. The molecule has 1 aliphatic heterocycles. The fourth-order valence-corrected chi connectivity index (χ4v) is 5.39. The second-order valence-corrected chi connectivity index (χ2v) is 9.52. The van der Waals surface area contributed by atoms with Crippen molar-refractivity contribution in [1.82, 2.24) is 4.90 Å². The van der Waals surface area contributed by atoms with Crippen LogP contribution in [0.1, 0.15) is 74.5 Å². The van der Waals surface area contributed by atoms with Gasteiger partial charge in [0.05, 0.1) is 6.61 Å². The number of nitrogens with zero attached hydrogens (tertiary/aromatic N) is 1. The van der Waals surface area contributed by atoms with Gasteiger partial charge in [-0.25, -0.2) is 4.39 Å². The molecule has 0 radical (unpaired) electrons. The van der Waals surface area contributed by atoms with Gasteiger partial charge in [0.15, 0.2) is 0 Å². The van der Waals surface area contributed by atoms with Crippen molar-refractivity contribution < 1.29 is 9.13 Å². The van der Waals surface area contributed by atoms with Crippen LogP contribution in [0.5, 0.6) is 5.75 Å². The van der Waals surface area contributed by atoms with Gasteiger partial charge in [-0.15, -0.1) is 0 Å². The molecule has 168 valence electrons. The normalized spacial score (nSPS) is 21.6. The summed E-state index contributed by atoms with van der Waals surface area (Å²) in [7, 11) is 0. The van der Waals surface area contributed by atoms with E-state index < -0.39 is 0 Å². The number of hydrogen-bond donors (Lipinski definition) is 0. The number of aryl methyl sites for hydroxylation is 2. The highest BCUT2D eigenvalue weighted by Gasteiger charge is 2.31. The smallest absolute Gasteiger partial charge is 0.123 e. The quantitative estimate of drug-likeness (QED) is 0.413. The molecule has 0 amide bonds. The molecule has 2 nitrogen and oxygen atoms in total. The zero-order valence-corrected chi connectivity index (χ0v) is 19.1. The molecule has 1 aliphatic carbocycles. The second kappa shape index (κ2) is 11.1. The Morgan fingerprint density at radius 2 is 1.77 bits per heavy atom. The first-order valence-corrected chi connectivity index (χ1v) is 12.5. The number of hydrogen-bond acceptors (Lipinski definition) is 2. The number of likely N-dealkylation sites (tertiary alicyclic amines) is 1. The first-order chi connectivity index (χ1) is 15.2. The third-order valence-corrected chi connectivity index (χ3v) is 7.23. The number of ether oxygens (including phenoxy) is 1. The summed E-state index contributed by atoms with van der Waals surface area (Å²) in [5.41, 5.74) is 4.23. The van der Waals surface area contributed by atoms with E-state index in [4.69, 9.17) is 4.74 Å². The summed E-state index contributed by atoms with van der Waals surface area (Å²) in [5, 5.41) is 0. The van der Waals surface area contributed by atoms with Crippen molar-refractivity contribution in [3.8, 4) is 5.75 Å². The fourth-order valence-electron chi connectivity index (χ4n) is 5.39. The molecule has 0 bridgehead atoms. The van der Waals surface area contributed by atoms with E-state index in [1.165, 1.54) is 74.6 Å². The van der Waals surface area contributed by atoms with Crippen LogP contribution in [0.2, 0.25) is 0 Å². The van der Waals surface area contributed by atoms with Crippen LogP contribution in [0.4, 0.5) is 4.39 Å². The summed E-state index contributed by atoms with van der Waals surface area (Å²) in [6, 6.07) is 13.9. The molecular formula is C28H38FNO. The molecule has 1 fully saturated rings. The Labute approximate surface area is 187 Å². The van der Waals surface area contributed by atoms with Crippen molar-refractivity contribution in [2.75, 3.05) is 26.2 Å². The Balaban J connectivity index is 1.42. The van der Waals surface area contributed by atoms with Crippen LogP contribution in [-0.2, 0) is 12.8 Å². The van der Waals surface area contributed by atoms with Crippen LogP contribution in [0.3, 0.4) is 0 Å². The largest absolute Gasteiger partial charge is 0.493 e. The lowest BCUT2D eigenvalue weighted by Gasteiger charge is -2.39. The topological polar surface area (TPSA) is 12.5 Å². The number of halogens is 1. The fraction of sp³-hybridized carbons (Fsp3) is 0.571. The van der Waals surface area contributed by atoms with E-state index in [-0.39, 0.29) is 5.82 Å². The van der Waals surface area contributed by atoms with Gasteiger partial charge in [-0.3, -0.25) is 0 Å². The minimum Gasteiger partial charge on any atom is -0.493 e. The molecule has 0 N–H and O–H groups in total. The summed E-state index contributed by atoms with van der Waals surface area (Å²) < 4.78 is 19.9. The molecule has 2 aromatic carbocycles. The second-order valence-electron chi connectivity index (χ2n) is 9.52. The maximum Gasteiger partial charge on any atom is 0.123 e. The molecule has 0 aromatic heterocycles. The summed E-state index contributed by atoms with van der Waals surface area (Å²) in [5.74, 6) is 1.73. The molecule has 2 atom stereocenters. The molecular weight excluding hydrogens is 385 g/mol. The van der Waals surface area contributed by atoms with E-state index >= 15 is 0 Å². The van der Waals surface area contributed by atoms with Gasteiger partial charge >= 0.3 is 0 Å². The van der Waals surface area contributed by atoms with Gasteiger partial charge < -0.3 is 9.64 Å². The van der Waals surface area contributed by atoms with Gasteiger partial charge in [0.1, 0.15) is 11.6 Å². The van der Waals surface area contributed by atoms with Crippen LogP contribution < -0.4 is 4.74 Å². The van der Waals surface area contributed by atoms with E-state index in [1.54, 1.807) is 12.1 Å². The number of fused-ring (bicyclic) bond motifs is 1. The Morgan fingerprint density at radius 3 is 2.58 bits per heavy atom. The van der Waals surface area contributed by atoms with Crippen molar-refractivity contribution in [2.24, 2.45) is 5.92 Å². The van der Waals surface area contributed by atoms with Crippen LogP contribution in [0.15, 0.2) is 42.5 Å². The highest BCUT2D eigenvalue weighted by molar-refractivity contribution is 5.37. The van der Waals surface area contributed by atoms with Gasteiger partial charge in [-0.2, -0.15) is 0 Å². The first-order valence-electron chi connectivity index (χ1n) is 12.5. The standard InChI is InChI=1S/C28H38FNO/c1-2-3-4-7-17-30-18-16-28(23-10-13-26(29)14-11-23)25(20-30)21-31-27-15-12-22-8-5-6-9-24(22)19-27/h10-15,19,25,28H,2-9,16-18,20-21H2,1H3/t25-,28-/m0/s1. The Morgan fingerprint density at radius 1 is 0.968 bits per heavy atom. The maximum atomic E-state index is 13.5. The van der Waals surface area contributed by atoms with Gasteiger partial charge in [0.2, 0.25) is 0 Å². The Kier molecular flexibility index (Phi) is 8.02. The zero-order valence-electron chi connectivity index (χ0n) is 19.1. The summed E-state index contributed by atoms with van der Waals surface area (Å²) >= 11 is 0. The van der Waals surface area contributed by atoms with Crippen molar-refractivity contribution in [2.45, 2.75) is 70.6 Å². The van der Waals surface area contributed by atoms with Crippen molar-refractivity contribution in [3.05, 3.63) is 65.0 Å². The van der Waals surface area contributed by atoms with E-state index in [9.17, 15) is 4.39 Å². The maximum absolute atomic E-state index is 13.5. The minimum atomic E-state index is -0.154. The summed E-state index contributed by atoms with van der Waals surface area (Å²) in [6.45, 7) is 6.38. The van der Waals surface area contributed by atoms with Crippen molar-refractivity contribution in [3.63, 3.8) is 0 Å². The number of rotatable bonds is 9. The lowest BCUT2D eigenvalue weighted by Crippen LogP contribution is -2.42. The molecule has 31 heavy (non-hydrogen) atoms. The zero-order chi connectivity index (χ0) is 21.5. The lowest BCUT2D eigenvalue weighted by atomic mass is 9.80. The average Bonchev–Trinajstić information content (AvgIpc) is 2.81. The number of benzene rings is 2. The summed E-state index contributed by atoms with van der Waals surface area (Å²) in [4.78, 5) is 2.62. The molecule has 4 rings (SSSR count). The predicted octanol–water partition coefficient (Wildman–Crippen LogP) is 6.77. The van der Waals surface area contributed by atoms with Crippen LogP contribution in [-0.4, -0.2) is 31.1 Å². The van der Waals surface area contributed by atoms with Gasteiger partial charge in [-0.05, 0) is 98.5 Å². The predicted molar refractivity (Wildman–Crippen MR) is 126 cm³/mol. The molecule has 2 aromatic rings. The molecule has 0 saturated carbocycles. The number of unbranched alkanes of at least 4 members (excludes halogenated alkanes) is 3. The van der Waals surface area contributed by atoms with Gasteiger partial charge in [-0.1, -0.05) is 44.4 Å². The van der Waals surface area contributed by atoms with Crippen LogP contribution in [0.25, 0.3) is 0 Å². The molecule has 1 heterocycles. The average molecular weight is 424 g/mol. The van der Waals surface area contributed by atoms with E-state index in [0.717, 1.165) is 31.9 Å². The molecule has 2 aliphatic rings. The summed E-state index contributed by atoms with van der Waals surface area (Å²) in [6.07, 6.45) is 11.3. The SMILES string of the molecule is CCCCCCN1CC[C@@H](c2ccc(F)cc2)[C@H](COc2ccc3c(c2)CCCC3)C1. The van der Waals surface area contributed by atoms with Gasteiger partial charge in [0.25, 0.3) is 0 Å². The van der Waals surface area contributed by atoms with E-state index in [0.29, 0.717) is 11.8 Å². The Bertz CT molecular complexity index is 818. The minimum absolute atomic E-state index is 0.154. The highest BCUT2D eigenvalue weighted by Crippen LogP contribution is 2.34. The van der Waals surface area contributed by atoms with Crippen molar-refractivity contribution in [1.29, 1.82) is 0 Å². The third-order valence-electron chi connectivity index (χ3n) is 7.23. The lowest BCUT2D eigenvalue weighted by molar-refractivity contribution is 0.109. The third kappa shape index (κ3) is 6.10. The van der Waals surface area contributed by atoms with E-state index in [2.05, 4.69) is 30.0 Å². The molecule has 3 heteroatoms. The van der Waals surface area contributed by atoms with Gasteiger partial charge in [0, 0.05) is 12.5 Å². The molecule has 0 unspecified atom stereocenters. The van der Waals surface area contributed by atoms with Crippen molar-refractivity contribution >= 4 is 0 Å². The van der Waals surface area contributed by atoms with E-state index in [1.807, 2.05) is 12.1 Å². The molecule has 1 saturated heterocycles. The van der Waals surface area contributed by atoms with Crippen LogP contribution in [0, 0.1) is 11.7 Å². The highest BCUT2D eigenvalue weighted by atomic mass is 19.1. The molecule has 0 spiro atoms. The number of piperidine rings is 1. The first kappa shape index (κ1) is 22.3.